The number of ether oxygens (including phenoxy) is 2. The minimum Gasteiger partial charge on any atom is -0.511 e. The Balaban J connectivity index is 4.12. The molecule has 0 saturated heterocycles. The van der Waals surface area contributed by atoms with Crippen molar-refractivity contribution < 1.29 is 29.3 Å². The Morgan fingerprint density at radius 3 is 2.53 bits per heavy atom. The minimum atomic E-state index is -0.985. The van der Waals surface area contributed by atoms with Crippen LogP contribution in [0.4, 0.5) is 0 Å². The molecule has 84 valence electrons. The van der Waals surface area contributed by atoms with E-state index in [0.29, 0.717) is 6.26 Å². The molecular formula is C9H12O6. The monoisotopic (exact) mass is 216 g/mol. The molecule has 0 aliphatic rings. The molecule has 2 N–H and O–H groups in total. The van der Waals surface area contributed by atoms with Gasteiger partial charge in [-0.05, 0) is 0 Å². The van der Waals surface area contributed by atoms with Gasteiger partial charge < -0.3 is 19.7 Å². The number of hydrogen-bond acceptors (Lipinski definition) is 6. The predicted molar refractivity (Wildman–Crippen MR) is 49.7 cm³/mol. The van der Waals surface area contributed by atoms with Crippen molar-refractivity contribution >= 4 is 11.9 Å². The Bertz CT molecular complexity index is 268. The number of rotatable bonds is 6. The molecule has 0 aromatic heterocycles. The van der Waals surface area contributed by atoms with Gasteiger partial charge in [0.15, 0.2) is 0 Å². The average molecular weight is 216 g/mol. The van der Waals surface area contributed by atoms with E-state index in [9.17, 15) is 9.59 Å². The summed E-state index contributed by atoms with van der Waals surface area (Å²) in [6.45, 7) is 2.96. The van der Waals surface area contributed by atoms with Crippen molar-refractivity contribution in [2.75, 3.05) is 13.2 Å². The van der Waals surface area contributed by atoms with E-state index in [1.807, 2.05) is 0 Å². The lowest BCUT2D eigenvalue weighted by atomic mass is 10.5. The zero-order valence-electron chi connectivity index (χ0n) is 8.01. The van der Waals surface area contributed by atoms with E-state index in [-0.39, 0.29) is 19.6 Å². The fourth-order valence-electron chi connectivity index (χ4n) is 0.571. The second-order valence-electron chi connectivity index (χ2n) is 2.33. The van der Waals surface area contributed by atoms with Gasteiger partial charge in [0.25, 0.3) is 0 Å². The van der Waals surface area contributed by atoms with Crippen molar-refractivity contribution in [2.45, 2.75) is 6.42 Å². The smallest absolute Gasteiger partial charge is 0.377 e. The summed E-state index contributed by atoms with van der Waals surface area (Å²) in [6, 6.07) is 0. The number of hydrogen-bond donors (Lipinski definition) is 2. The molecule has 0 spiro atoms. The number of aliphatic hydroxyl groups is 2. The summed E-state index contributed by atoms with van der Waals surface area (Å²) in [5.41, 5.74) is 0. The van der Waals surface area contributed by atoms with Gasteiger partial charge in [-0.3, -0.25) is 0 Å². The largest absolute Gasteiger partial charge is 0.511 e. The van der Waals surface area contributed by atoms with E-state index >= 15 is 0 Å². The fraction of sp³-hybridized carbons (Fsp3) is 0.333. The Hall–Kier alpha value is -1.82. The fourth-order valence-corrected chi connectivity index (χ4v) is 0.571. The van der Waals surface area contributed by atoms with Gasteiger partial charge in [0, 0.05) is 19.1 Å². The first-order chi connectivity index (χ1) is 7.15. The van der Waals surface area contributed by atoms with E-state index < -0.39 is 17.7 Å². The zero-order valence-corrected chi connectivity index (χ0v) is 8.01. The molecular weight excluding hydrogens is 204 g/mol. The van der Waals surface area contributed by atoms with E-state index in [1.54, 1.807) is 0 Å². The summed E-state index contributed by atoms with van der Waals surface area (Å²) in [7, 11) is 0. The lowest BCUT2D eigenvalue weighted by Crippen LogP contribution is -2.14. The number of esters is 2. The van der Waals surface area contributed by atoms with Gasteiger partial charge in [-0.15, -0.1) is 0 Å². The van der Waals surface area contributed by atoms with Gasteiger partial charge in [0.1, 0.15) is 6.26 Å². The molecule has 0 aliphatic heterocycles. The highest BCUT2D eigenvalue weighted by Crippen LogP contribution is 2.01. The Kier molecular flexibility index (Phi) is 6.65. The Morgan fingerprint density at radius 1 is 1.40 bits per heavy atom. The summed E-state index contributed by atoms with van der Waals surface area (Å²) in [4.78, 5) is 21.7. The standard InChI is InChI=1S/C9H12O6/c1-2-8(12)15-7(6-11)9(13)14-5-3-4-10/h2,6,10-11H,1,3-5H2. The second-order valence-corrected chi connectivity index (χ2v) is 2.33. The van der Waals surface area contributed by atoms with Crippen LogP contribution in [-0.4, -0.2) is 35.4 Å². The third-order valence-corrected chi connectivity index (χ3v) is 1.23. The van der Waals surface area contributed by atoms with Crippen LogP contribution in [0.5, 0.6) is 0 Å². The highest BCUT2D eigenvalue weighted by atomic mass is 16.6. The van der Waals surface area contributed by atoms with Crippen molar-refractivity contribution in [3.8, 4) is 0 Å². The summed E-state index contributed by atoms with van der Waals surface area (Å²) in [6.07, 6.45) is 1.42. The quantitative estimate of drug-likeness (QED) is 0.282. The Morgan fingerprint density at radius 2 is 2.07 bits per heavy atom. The minimum absolute atomic E-state index is 0.0295. The summed E-state index contributed by atoms with van der Waals surface area (Å²) >= 11 is 0. The molecule has 0 bridgehead atoms. The maximum atomic E-state index is 11.1. The molecule has 15 heavy (non-hydrogen) atoms. The maximum Gasteiger partial charge on any atom is 0.377 e. The van der Waals surface area contributed by atoms with Gasteiger partial charge in [-0.25, -0.2) is 9.59 Å². The normalized spacial score (nSPS) is 10.6. The number of carbonyl (C=O) groups excluding carboxylic acids is 2. The Labute approximate surface area is 86.4 Å². The van der Waals surface area contributed by atoms with Crippen LogP contribution < -0.4 is 0 Å². The summed E-state index contributed by atoms with van der Waals surface area (Å²) in [5.74, 6) is -2.49. The van der Waals surface area contributed by atoms with Gasteiger partial charge in [0.05, 0.1) is 6.61 Å². The van der Waals surface area contributed by atoms with Crippen LogP contribution in [0.3, 0.4) is 0 Å². The number of carbonyl (C=O) groups is 2. The molecule has 0 amide bonds. The van der Waals surface area contributed by atoms with Gasteiger partial charge in [0.2, 0.25) is 5.76 Å². The highest BCUT2D eigenvalue weighted by Gasteiger charge is 2.15. The number of aliphatic hydroxyl groups excluding tert-OH is 2. The molecule has 0 atom stereocenters. The topological polar surface area (TPSA) is 93.1 Å². The van der Waals surface area contributed by atoms with E-state index in [1.165, 1.54) is 0 Å². The van der Waals surface area contributed by atoms with Crippen LogP contribution in [-0.2, 0) is 19.1 Å². The molecule has 0 aliphatic carbocycles. The lowest BCUT2D eigenvalue weighted by molar-refractivity contribution is -0.149. The van der Waals surface area contributed by atoms with Crippen molar-refractivity contribution in [3.05, 3.63) is 24.7 Å². The molecule has 0 unspecified atom stereocenters. The van der Waals surface area contributed by atoms with Gasteiger partial charge in [-0.2, -0.15) is 0 Å². The van der Waals surface area contributed by atoms with Crippen molar-refractivity contribution in [1.82, 2.24) is 0 Å². The predicted octanol–water partition coefficient (Wildman–Crippen LogP) is 0.0406. The maximum absolute atomic E-state index is 11.1. The van der Waals surface area contributed by atoms with Crippen LogP contribution in [0.25, 0.3) is 0 Å². The molecule has 0 aromatic carbocycles. The third-order valence-electron chi connectivity index (χ3n) is 1.23. The summed E-state index contributed by atoms with van der Waals surface area (Å²) in [5, 5.41) is 17.0. The first-order valence-electron chi connectivity index (χ1n) is 4.12. The van der Waals surface area contributed by atoms with E-state index in [4.69, 9.17) is 10.2 Å². The second kappa shape index (κ2) is 7.57. The van der Waals surface area contributed by atoms with Crippen LogP contribution in [0, 0.1) is 0 Å². The molecule has 6 heteroatoms. The molecule has 0 saturated carbocycles. The molecule has 0 fully saturated rings. The van der Waals surface area contributed by atoms with Gasteiger partial charge in [-0.1, -0.05) is 6.58 Å². The van der Waals surface area contributed by atoms with E-state index in [2.05, 4.69) is 16.1 Å². The molecule has 6 nitrogen and oxygen atoms in total. The summed E-state index contributed by atoms with van der Waals surface area (Å²) < 4.78 is 8.90. The molecule has 0 radical (unpaired) electrons. The zero-order chi connectivity index (χ0) is 11.7. The van der Waals surface area contributed by atoms with Gasteiger partial charge >= 0.3 is 11.9 Å². The first kappa shape index (κ1) is 13.2. The van der Waals surface area contributed by atoms with Crippen molar-refractivity contribution in [1.29, 1.82) is 0 Å². The third kappa shape index (κ3) is 5.48. The van der Waals surface area contributed by atoms with Crippen LogP contribution >= 0.6 is 0 Å². The van der Waals surface area contributed by atoms with Crippen LogP contribution in [0.15, 0.2) is 24.7 Å². The first-order valence-corrected chi connectivity index (χ1v) is 4.12. The van der Waals surface area contributed by atoms with E-state index in [0.717, 1.165) is 6.08 Å². The lowest BCUT2D eigenvalue weighted by Gasteiger charge is -2.05. The molecule has 0 rings (SSSR count). The average Bonchev–Trinajstić information content (AvgIpc) is 2.25. The van der Waals surface area contributed by atoms with Crippen molar-refractivity contribution in [3.63, 3.8) is 0 Å². The van der Waals surface area contributed by atoms with Crippen molar-refractivity contribution in [2.24, 2.45) is 0 Å². The molecule has 0 heterocycles. The van der Waals surface area contributed by atoms with Crippen LogP contribution in [0.2, 0.25) is 0 Å². The van der Waals surface area contributed by atoms with Crippen LogP contribution in [0.1, 0.15) is 6.42 Å². The molecule has 0 aromatic rings. The highest BCUT2D eigenvalue weighted by molar-refractivity contribution is 5.91. The SMILES string of the molecule is C=CC(=O)OC(=CO)C(=O)OCCCO.